The quantitative estimate of drug-likeness (QED) is 0.773. The molecule has 0 saturated carbocycles. The lowest BCUT2D eigenvalue weighted by atomic mass is 9.85. The van der Waals surface area contributed by atoms with Crippen LogP contribution < -0.4 is 5.59 Å². The Hall–Kier alpha value is -0.845. The lowest BCUT2D eigenvalue weighted by Crippen LogP contribution is -2.41. The molecule has 0 aromatic carbocycles. The summed E-state index contributed by atoms with van der Waals surface area (Å²) in [5.74, 6) is 0. The lowest BCUT2D eigenvalue weighted by Gasteiger charge is -2.32. The van der Waals surface area contributed by atoms with Crippen LogP contribution in [0.2, 0.25) is 0 Å². The third kappa shape index (κ3) is 2.40. The molecule has 0 radical (unpaired) electrons. The highest BCUT2D eigenvalue weighted by Crippen LogP contribution is 2.36. The third-order valence-corrected chi connectivity index (χ3v) is 3.87. The zero-order chi connectivity index (χ0) is 20.6. The fraction of sp³-hybridized carbons (Fsp3) is 0.786. The van der Waals surface area contributed by atoms with E-state index >= 15 is 0 Å². The van der Waals surface area contributed by atoms with Crippen LogP contribution in [0.4, 0.5) is 0 Å². The fourth-order valence-electron chi connectivity index (χ4n) is 1.94. The first-order valence-electron chi connectivity index (χ1n) is 10.1. The SMILES string of the molecule is [2H]c1c(B2OC(C)(C)C(C)(C)O2)nn(C2([2H])C([2H])([2H])COCC2([2H])[2H])c1[2H]. The van der Waals surface area contributed by atoms with Crippen LogP contribution in [0.3, 0.4) is 0 Å². The second-order valence-corrected chi connectivity index (χ2v) is 5.82. The van der Waals surface area contributed by atoms with E-state index in [0.717, 1.165) is 0 Å². The molecule has 0 aliphatic carbocycles. The van der Waals surface area contributed by atoms with Crippen molar-refractivity contribution in [1.29, 1.82) is 0 Å². The molecule has 0 amide bonds. The van der Waals surface area contributed by atoms with E-state index in [1.807, 2.05) is 27.7 Å². The molecule has 1 aromatic rings. The lowest BCUT2D eigenvalue weighted by molar-refractivity contribution is 0.00578. The van der Waals surface area contributed by atoms with E-state index in [4.69, 9.17) is 23.6 Å². The van der Waals surface area contributed by atoms with Gasteiger partial charge in [0.1, 0.15) is 0 Å². The standard InChI is InChI=1S/C14H23BN2O3/c1-13(2)14(3,4)20-15(19-13)12-5-8-17(16-12)11-6-9-18-10-7-11/h5,8,11H,6-7,9-10H2,1-4H3/i5D,6D2,7D2,8D,11D. The Kier molecular flexibility index (Phi) is 1.94. The fourth-order valence-corrected chi connectivity index (χ4v) is 1.94. The van der Waals surface area contributed by atoms with Gasteiger partial charge in [0, 0.05) is 24.9 Å². The summed E-state index contributed by atoms with van der Waals surface area (Å²) in [5, 5.41) is 4.08. The summed E-state index contributed by atoms with van der Waals surface area (Å²) < 4.78 is 74.9. The second kappa shape index (κ2) is 4.86. The summed E-state index contributed by atoms with van der Waals surface area (Å²) in [7, 11) is -1.08. The maximum atomic E-state index is 8.63. The number of hydrogen-bond acceptors (Lipinski definition) is 4. The molecule has 3 rings (SSSR count). The molecule has 2 fully saturated rings. The molecular formula is C14H23BN2O3. The van der Waals surface area contributed by atoms with Gasteiger partial charge in [-0.05, 0) is 46.5 Å². The molecular weight excluding hydrogens is 255 g/mol. The highest BCUT2D eigenvalue weighted by Gasteiger charge is 2.52. The van der Waals surface area contributed by atoms with E-state index < -0.39 is 62.5 Å². The van der Waals surface area contributed by atoms with Crippen molar-refractivity contribution in [3.05, 3.63) is 12.2 Å². The number of hydrogen-bond donors (Lipinski definition) is 0. The summed E-state index contributed by atoms with van der Waals surface area (Å²) in [6.07, 6.45) is -5.53. The maximum Gasteiger partial charge on any atom is 0.516 e. The number of nitrogens with zero attached hydrogens (tertiary/aromatic N) is 2. The minimum Gasteiger partial charge on any atom is -0.398 e. The Morgan fingerprint density at radius 2 is 1.95 bits per heavy atom. The maximum absolute atomic E-state index is 8.63. The molecule has 2 aliphatic heterocycles. The van der Waals surface area contributed by atoms with E-state index in [1.165, 1.54) is 0 Å². The molecule has 2 aliphatic rings. The highest BCUT2D eigenvalue weighted by molar-refractivity contribution is 6.61. The minimum absolute atomic E-state index is 0.0802. The molecule has 2 saturated heterocycles. The first-order valence-corrected chi connectivity index (χ1v) is 6.57. The summed E-state index contributed by atoms with van der Waals surface area (Å²) in [5.41, 5.74) is -1.50. The smallest absolute Gasteiger partial charge is 0.398 e. The average Bonchev–Trinajstić information content (AvgIpc) is 2.90. The molecule has 0 atom stereocenters. The van der Waals surface area contributed by atoms with Gasteiger partial charge in [0.25, 0.3) is 0 Å². The van der Waals surface area contributed by atoms with E-state index in [0.29, 0.717) is 4.68 Å². The van der Waals surface area contributed by atoms with E-state index in [2.05, 4.69) is 5.10 Å². The zero-order valence-electron chi connectivity index (χ0n) is 19.1. The van der Waals surface area contributed by atoms with Gasteiger partial charge in [-0.3, -0.25) is 4.68 Å². The van der Waals surface area contributed by atoms with Crippen LogP contribution in [0, 0.1) is 0 Å². The van der Waals surface area contributed by atoms with Crippen molar-refractivity contribution in [3.63, 3.8) is 0 Å². The second-order valence-electron chi connectivity index (χ2n) is 5.82. The Balaban J connectivity index is 2.11. The summed E-state index contributed by atoms with van der Waals surface area (Å²) in [6, 6.07) is -2.98. The largest absolute Gasteiger partial charge is 0.516 e. The van der Waals surface area contributed by atoms with Gasteiger partial charge >= 0.3 is 7.12 Å². The predicted molar refractivity (Wildman–Crippen MR) is 77.0 cm³/mol. The van der Waals surface area contributed by atoms with Gasteiger partial charge in [0.2, 0.25) is 0 Å². The van der Waals surface area contributed by atoms with Crippen LogP contribution in [0.1, 0.15) is 56.1 Å². The highest BCUT2D eigenvalue weighted by atomic mass is 16.7. The van der Waals surface area contributed by atoms with E-state index in [-0.39, 0.29) is 5.59 Å². The zero-order valence-corrected chi connectivity index (χ0v) is 12.1. The van der Waals surface area contributed by atoms with Gasteiger partial charge in [0.15, 0.2) is 0 Å². The summed E-state index contributed by atoms with van der Waals surface area (Å²) in [4.78, 5) is 0. The number of ether oxygens (including phenoxy) is 1. The molecule has 0 unspecified atom stereocenters. The Morgan fingerprint density at radius 3 is 2.55 bits per heavy atom. The number of rotatable bonds is 2. The summed E-state index contributed by atoms with van der Waals surface area (Å²) in [6.45, 7) is 6.23. The Bertz CT molecular complexity index is 736. The third-order valence-electron chi connectivity index (χ3n) is 3.87. The van der Waals surface area contributed by atoms with Crippen LogP contribution in [0.5, 0.6) is 0 Å². The van der Waals surface area contributed by atoms with Gasteiger partial charge in [-0.2, -0.15) is 5.10 Å². The van der Waals surface area contributed by atoms with Crippen molar-refractivity contribution in [1.82, 2.24) is 9.78 Å². The predicted octanol–water partition coefficient (Wildman–Crippen LogP) is 1.53. The molecule has 0 N–H and O–H groups in total. The molecule has 0 spiro atoms. The molecule has 5 nitrogen and oxygen atoms in total. The molecule has 20 heavy (non-hydrogen) atoms. The van der Waals surface area contributed by atoms with Crippen LogP contribution in [0.25, 0.3) is 0 Å². The molecule has 3 heterocycles. The van der Waals surface area contributed by atoms with Crippen LogP contribution in [-0.4, -0.2) is 41.3 Å². The minimum atomic E-state index is -2.59. The molecule has 0 bridgehead atoms. The van der Waals surface area contributed by atoms with Crippen LogP contribution >= 0.6 is 0 Å². The Labute approximate surface area is 130 Å². The van der Waals surface area contributed by atoms with Crippen molar-refractivity contribution in [2.24, 2.45) is 0 Å². The van der Waals surface area contributed by atoms with Gasteiger partial charge < -0.3 is 14.0 Å². The average molecular weight is 285 g/mol. The molecule has 1 aromatic heterocycles. The van der Waals surface area contributed by atoms with Crippen molar-refractivity contribution >= 4 is 12.7 Å². The van der Waals surface area contributed by atoms with Gasteiger partial charge in [-0.1, -0.05) is 0 Å². The monoisotopic (exact) mass is 285 g/mol. The normalized spacial score (nSPS) is 37.8. The van der Waals surface area contributed by atoms with Crippen molar-refractivity contribution in [2.75, 3.05) is 13.2 Å². The van der Waals surface area contributed by atoms with Gasteiger partial charge in [-0.15, -0.1) is 0 Å². The Morgan fingerprint density at radius 1 is 1.35 bits per heavy atom. The molecule has 6 heteroatoms. The van der Waals surface area contributed by atoms with Crippen LogP contribution in [0.15, 0.2) is 12.2 Å². The van der Waals surface area contributed by atoms with Crippen molar-refractivity contribution in [2.45, 2.75) is 57.7 Å². The van der Waals surface area contributed by atoms with Crippen molar-refractivity contribution in [3.8, 4) is 0 Å². The first-order chi connectivity index (χ1) is 12.1. The van der Waals surface area contributed by atoms with E-state index in [9.17, 15) is 0 Å². The van der Waals surface area contributed by atoms with Crippen molar-refractivity contribution < 1.29 is 23.6 Å². The summed E-state index contributed by atoms with van der Waals surface area (Å²) >= 11 is 0. The topological polar surface area (TPSA) is 45.5 Å². The van der Waals surface area contributed by atoms with Gasteiger partial charge in [-0.25, -0.2) is 0 Å². The van der Waals surface area contributed by atoms with E-state index in [1.54, 1.807) is 0 Å². The van der Waals surface area contributed by atoms with Crippen LogP contribution in [-0.2, 0) is 14.0 Å². The van der Waals surface area contributed by atoms with Gasteiger partial charge in [0.05, 0.1) is 26.9 Å². The number of aromatic nitrogens is 2. The first kappa shape index (κ1) is 7.96. The molecule has 110 valence electrons.